The molecule has 0 radical (unpaired) electrons. The van der Waals surface area contributed by atoms with Gasteiger partial charge in [-0.1, -0.05) is 29.8 Å². The molecule has 5 heteroatoms. The monoisotopic (exact) mass is 283 g/mol. The Morgan fingerprint density at radius 2 is 2.00 bits per heavy atom. The Labute approximate surface area is 118 Å². The van der Waals surface area contributed by atoms with E-state index < -0.39 is 5.97 Å². The SMILES string of the molecule is CCOC(=O)CN(C)C(=O)CCc1ccccc1Cl. The highest BCUT2D eigenvalue weighted by Crippen LogP contribution is 2.16. The molecular formula is C14H18ClNO3. The Kier molecular flexibility index (Phi) is 6.36. The van der Waals surface area contributed by atoms with Crippen molar-refractivity contribution in [2.45, 2.75) is 19.8 Å². The molecule has 0 aliphatic rings. The normalized spacial score (nSPS) is 10.1. The van der Waals surface area contributed by atoms with Gasteiger partial charge >= 0.3 is 5.97 Å². The third-order valence-electron chi connectivity index (χ3n) is 2.66. The third kappa shape index (κ3) is 5.30. The molecule has 0 aliphatic carbocycles. The van der Waals surface area contributed by atoms with Crippen LogP contribution in [-0.2, 0) is 20.7 Å². The van der Waals surface area contributed by atoms with E-state index in [1.165, 1.54) is 4.90 Å². The zero-order valence-corrected chi connectivity index (χ0v) is 11.9. The van der Waals surface area contributed by atoms with Crippen molar-refractivity contribution >= 4 is 23.5 Å². The van der Waals surface area contributed by atoms with E-state index in [0.717, 1.165) is 5.56 Å². The van der Waals surface area contributed by atoms with E-state index in [1.807, 2.05) is 18.2 Å². The van der Waals surface area contributed by atoms with Gasteiger partial charge in [-0.15, -0.1) is 0 Å². The first-order chi connectivity index (χ1) is 9.04. The predicted molar refractivity (Wildman–Crippen MR) is 74.0 cm³/mol. The molecule has 0 unspecified atom stereocenters. The van der Waals surface area contributed by atoms with E-state index in [1.54, 1.807) is 20.0 Å². The van der Waals surface area contributed by atoms with E-state index in [0.29, 0.717) is 24.5 Å². The Morgan fingerprint density at radius 3 is 2.63 bits per heavy atom. The van der Waals surface area contributed by atoms with Crippen LogP contribution in [0.1, 0.15) is 18.9 Å². The molecule has 1 rings (SSSR count). The summed E-state index contributed by atoms with van der Waals surface area (Å²) in [5.41, 5.74) is 0.932. The number of nitrogens with zero attached hydrogens (tertiary/aromatic N) is 1. The number of benzene rings is 1. The highest BCUT2D eigenvalue weighted by atomic mass is 35.5. The number of hydrogen-bond donors (Lipinski definition) is 0. The van der Waals surface area contributed by atoms with Crippen LogP contribution < -0.4 is 0 Å². The summed E-state index contributed by atoms with van der Waals surface area (Å²) in [6.45, 7) is 2.03. The number of halogens is 1. The maximum atomic E-state index is 11.8. The van der Waals surface area contributed by atoms with Gasteiger partial charge in [-0.05, 0) is 25.0 Å². The van der Waals surface area contributed by atoms with Gasteiger partial charge < -0.3 is 9.64 Å². The zero-order valence-electron chi connectivity index (χ0n) is 11.2. The third-order valence-corrected chi connectivity index (χ3v) is 3.03. The zero-order chi connectivity index (χ0) is 14.3. The number of aryl methyl sites for hydroxylation is 1. The van der Waals surface area contributed by atoms with Crippen molar-refractivity contribution in [3.05, 3.63) is 34.9 Å². The lowest BCUT2D eigenvalue weighted by molar-refractivity contribution is -0.148. The largest absolute Gasteiger partial charge is 0.465 e. The van der Waals surface area contributed by atoms with Gasteiger partial charge in [0, 0.05) is 18.5 Å². The Balaban J connectivity index is 2.43. The Hall–Kier alpha value is -1.55. The molecular weight excluding hydrogens is 266 g/mol. The number of carbonyl (C=O) groups is 2. The molecule has 0 bridgehead atoms. The second kappa shape index (κ2) is 7.79. The van der Waals surface area contributed by atoms with Crippen LogP contribution in [0.15, 0.2) is 24.3 Å². The van der Waals surface area contributed by atoms with E-state index in [-0.39, 0.29) is 12.5 Å². The number of rotatable bonds is 6. The quantitative estimate of drug-likeness (QED) is 0.753. The van der Waals surface area contributed by atoms with Crippen LogP contribution in [0.2, 0.25) is 5.02 Å². The van der Waals surface area contributed by atoms with Crippen molar-refractivity contribution in [2.75, 3.05) is 20.2 Å². The fourth-order valence-electron chi connectivity index (χ4n) is 1.62. The lowest BCUT2D eigenvalue weighted by atomic mass is 10.1. The van der Waals surface area contributed by atoms with Gasteiger partial charge in [-0.2, -0.15) is 0 Å². The fourth-order valence-corrected chi connectivity index (χ4v) is 1.85. The fraction of sp³-hybridized carbons (Fsp3) is 0.429. The Morgan fingerprint density at radius 1 is 1.32 bits per heavy atom. The molecule has 4 nitrogen and oxygen atoms in total. The van der Waals surface area contributed by atoms with Gasteiger partial charge in [0.05, 0.1) is 6.61 Å². The first-order valence-electron chi connectivity index (χ1n) is 6.17. The molecule has 0 spiro atoms. The van der Waals surface area contributed by atoms with Crippen LogP contribution in [0, 0.1) is 0 Å². The molecule has 104 valence electrons. The maximum absolute atomic E-state index is 11.8. The number of hydrogen-bond acceptors (Lipinski definition) is 3. The molecule has 1 aromatic rings. The molecule has 1 amide bonds. The van der Waals surface area contributed by atoms with E-state index in [9.17, 15) is 9.59 Å². The van der Waals surface area contributed by atoms with Crippen molar-refractivity contribution < 1.29 is 14.3 Å². The number of likely N-dealkylation sites (N-methyl/N-ethyl adjacent to an activating group) is 1. The van der Waals surface area contributed by atoms with Crippen molar-refractivity contribution in [1.29, 1.82) is 0 Å². The minimum Gasteiger partial charge on any atom is -0.465 e. The number of amides is 1. The van der Waals surface area contributed by atoms with Crippen molar-refractivity contribution in [3.8, 4) is 0 Å². The summed E-state index contributed by atoms with van der Waals surface area (Å²) >= 11 is 6.01. The van der Waals surface area contributed by atoms with Gasteiger partial charge in [0.1, 0.15) is 6.54 Å². The summed E-state index contributed by atoms with van der Waals surface area (Å²) in [5, 5.41) is 0.656. The highest BCUT2D eigenvalue weighted by molar-refractivity contribution is 6.31. The Bertz CT molecular complexity index is 448. The summed E-state index contributed by atoms with van der Waals surface area (Å²) in [4.78, 5) is 24.5. The minimum absolute atomic E-state index is 0.0187. The molecule has 0 heterocycles. The summed E-state index contributed by atoms with van der Waals surface area (Å²) in [5.74, 6) is -0.496. The number of ether oxygens (including phenoxy) is 1. The van der Waals surface area contributed by atoms with Crippen LogP contribution in [-0.4, -0.2) is 37.0 Å². The topological polar surface area (TPSA) is 46.6 Å². The van der Waals surface area contributed by atoms with Gasteiger partial charge in [-0.3, -0.25) is 9.59 Å². The van der Waals surface area contributed by atoms with Gasteiger partial charge in [-0.25, -0.2) is 0 Å². The minimum atomic E-state index is -0.393. The van der Waals surface area contributed by atoms with Crippen LogP contribution >= 0.6 is 11.6 Å². The van der Waals surface area contributed by atoms with Crippen LogP contribution in [0.4, 0.5) is 0 Å². The van der Waals surface area contributed by atoms with Crippen LogP contribution in [0.5, 0.6) is 0 Å². The lowest BCUT2D eigenvalue weighted by Crippen LogP contribution is -2.33. The van der Waals surface area contributed by atoms with Crippen LogP contribution in [0.3, 0.4) is 0 Å². The van der Waals surface area contributed by atoms with Gasteiger partial charge in [0.15, 0.2) is 0 Å². The van der Waals surface area contributed by atoms with E-state index in [2.05, 4.69) is 0 Å². The smallest absolute Gasteiger partial charge is 0.325 e. The number of esters is 1. The molecule has 0 atom stereocenters. The first kappa shape index (κ1) is 15.5. The van der Waals surface area contributed by atoms with E-state index >= 15 is 0 Å². The second-order valence-corrected chi connectivity index (χ2v) is 4.55. The standard InChI is InChI=1S/C14H18ClNO3/c1-3-19-14(18)10-16(2)13(17)9-8-11-6-4-5-7-12(11)15/h4-7H,3,8-10H2,1-2H3. The van der Waals surface area contributed by atoms with Crippen molar-refractivity contribution in [2.24, 2.45) is 0 Å². The average Bonchev–Trinajstić information content (AvgIpc) is 2.37. The van der Waals surface area contributed by atoms with Gasteiger partial charge in [0.2, 0.25) is 5.91 Å². The summed E-state index contributed by atoms with van der Waals surface area (Å²) in [6, 6.07) is 7.42. The molecule has 1 aromatic carbocycles. The van der Waals surface area contributed by atoms with Crippen molar-refractivity contribution in [3.63, 3.8) is 0 Å². The molecule has 0 N–H and O–H groups in total. The molecule has 19 heavy (non-hydrogen) atoms. The van der Waals surface area contributed by atoms with Crippen molar-refractivity contribution in [1.82, 2.24) is 4.90 Å². The van der Waals surface area contributed by atoms with E-state index in [4.69, 9.17) is 16.3 Å². The molecule has 0 saturated heterocycles. The summed E-state index contributed by atoms with van der Waals surface area (Å²) < 4.78 is 4.79. The summed E-state index contributed by atoms with van der Waals surface area (Å²) in [7, 11) is 1.59. The predicted octanol–water partition coefficient (Wildman–Crippen LogP) is 2.29. The maximum Gasteiger partial charge on any atom is 0.325 e. The summed E-state index contributed by atoms with van der Waals surface area (Å²) in [6.07, 6.45) is 0.880. The molecule has 0 aromatic heterocycles. The molecule has 0 aliphatic heterocycles. The first-order valence-corrected chi connectivity index (χ1v) is 6.55. The molecule has 0 saturated carbocycles. The number of carbonyl (C=O) groups excluding carboxylic acids is 2. The lowest BCUT2D eigenvalue weighted by Gasteiger charge is -2.16. The second-order valence-electron chi connectivity index (χ2n) is 4.15. The average molecular weight is 284 g/mol. The van der Waals surface area contributed by atoms with Gasteiger partial charge in [0.25, 0.3) is 0 Å². The molecule has 0 fully saturated rings. The van der Waals surface area contributed by atoms with Crippen LogP contribution in [0.25, 0.3) is 0 Å². The highest BCUT2D eigenvalue weighted by Gasteiger charge is 2.13.